The fourth-order valence-corrected chi connectivity index (χ4v) is 2.91. The molecule has 0 radical (unpaired) electrons. The number of anilines is 2. The van der Waals surface area contributed by atoms with Crippen LogP contribution in [-0.2, 0) is 0 Å². The van der Waals surface area contributed by atoms with Crippen molar-refractivity contribution in [2.75, 3.05) is 11.1 Å². The predicted octanol–water partition coefficient (Wildman–Crippen LogP) is 4.03. The zero-order chi connectivity index (χ0) is 13.2. The Morgan fingerprint density at radius 3 is 2.95 bits per heavy atom. The zero-order valence-corrected chi connectivity index (χ0v) is 11.4. The van der Waals surface area contributed by atoms with E-state index in [-0.39, 0.29) is 6.04 Å². The smallest absolute Gasteiger partial charge is 0.296 e. The van der Waals surface area contributed by atoms with E-state index < -0.39 is 0 Å². The van der Waals surface area contributed by atoms with Gasteiger partial charge in [-0.3, -0.25) is 0 Å². The maximum atomic E-state index is 5.88. The number of para-hydroxylation sites is 1. The lowest BCUT2D eigenvalue weighted by atomic mass is 10.2. The van der Waals surface area contributed by atoms with Gasteiger partial charge in [0.15, 0.2) is 5.58 Å². The summed E-state index contributed by atoms with van der Waals surface area (Å²) in [6.45, 7) is 2.13. The number of nitrogen functional groups attached to an aromatic ring is 1. The number of nitrogens with two attached hydrogens (primary N) is 1. The molecule has 19 heavy (non-hydrogen) atoms. The van der Waals surface area contributed by atoms with Crippen LogP contribution in [0.15, 0.2) is 40.1 Å². The van der Waals surface area contributed by atoms with E-state index in [0.29, 0.717) is 22.8 Å². The summed E-state index contributed by atoms with van der Waals surface area (Å²) in [5, 5.41) is 5.40. The minimum atomic E-state index is 0.217. The normalized spacial score (nSPS) is 12.7. The Balaban J connectivity index is 1.90. The Hall–Kier alpha value is -2.01. The number of rotatable bonds is 4. The number of oxazole rings is 1. The fourth-order valence-electron chi connectivity index (χ4n) is 2.04. The predicted molar refractivity (Wildman–Crippen MR) is 79.4 cm³/mol. The number of aromatic nitrogens is 1. The molecule has 2 aromatic heterocycles. The molecule has 0 spiro atoms. The standard InChI is InChI=1S/C14H15N3OS/c1-2-10(12-7-4-8-19-12)16-14-17-13-9(15)5-3-6-11(13)18-14/h3-8,10H,2,15H2,1H3,(H,16,17). The molecule has 0 aliphatic carbocycles. The van der Waals surface area contributed by atoms with Gasteiger partial charge in [-0.2, -0.15) is 4.98 Å². The van der Waals surface area contributed by atoms with Crippen molar-refractivity contribution in [1.82, 2.24) is 4.98 Å². The Bertz CT molecular complexity index is 675. The van der Waals surface area contributed by atoms with Crippen LogP contribution in [0.1, 0.15) is 24.3 Å². The van der Waals surface area contributed by atoms with E-state index >= 15 is 0 Å². The van der Waals surface area contributed by atoms with E-state index in [1.807, 2.05) is 24.3 Å². The number of fused-ring (bicyclic) bond motifs is 1. The highest BCUT2D eigenvalue weighted by atomic mass is 32.1. The Morgan fingerprint density at radius 2 is 2.26 bits per heavy atom. The van der Waals surface area contributed by atoms with Crippen LogP contribution in [0, 0.1) is 0 Å². The molecule has 4 nitrogen and oxygen atoms in total. The topological polar surface area (TPSA) is 64.1 Å². The van der Waals surface area contributed by atoms with E-state index in [1.54, 1.807) is 11.3 Å². The van der Waals surface area contributed by atoms with Crippen molar-refractivity contribution in [2.24, 2.45) is 0 Å². The maximum Gasteiger partial charge on any atom is 0.296 e. The fraction of sp³-hybridized carbons (Fsp3) is 0.214. The summed E-state index contributed by atoms with van der Waals surface area (Å²) >= 11 is 1.73. The highest BCUT2D eigenvalue weighted by Gasteiger charge is 2.14. The number of thiophene rings is 1. The molecule has 3 N–H and O–H groups in total. The number of hydrogen-bond donors (Lipinski definition) is 2. The number of nitrogens with zero attached hydrogens (tertiary/aromatic N) is 1. The Morgan fingerprint density at radius 1 is 1.37 bits per heavy atom. The third-order valence-corrected chi connectivity index (χ3v) is 4.03. The molecule has 5 heteroatoms. The van der Waals surface area contributed by atoms with Crippen LogP contribution in [0.3, 0.4) is 0 Å². The van der Waals surface area contributed by atoms with Crippen molar-refractivity contribution < 1.29 is 4.42 Å². The van der Waals surface area contributed by atoms with Crippen molar-refractivity contribution in [2.45, 2.75) is 19.4 Å². The van der Waals surface area contributed by atoms with E-state index in [0.717, 1.165) is 6.42 Å². The summed E-state index contributed by atoms with van der Waals surface area (Å²) in [4.78, 5) is 5.69. The molecule has 98 valence electrons. The molecule has 1 unspecified atom stereocenters. The lowest BCUT2D eigenvalue weighted by Gasteiger charge is -2.13. The van der Waals surface area contributed by atoms with Crippen molar-refractivity contribution in [1.29, 1.82) is 0 Å². The SMILES string of the molecule is CCC(Nc1nc2c(N)cccc2o1)c1cccs1. The van der Waals surface area contributed by atoms with Crippen LogP contribution in [0.5, 0.6) is 0 Å². The number of hydrogen-bond acceptors (Lipinski definition) is 5. The molecule has 3 aromatic rings. The van der Waals surface area contributed by atoms with Gasteiger partial charge in [-0.25, -0.2) is 0 Å². The van der Waals surface area contributed by atoms with Crippen LogP contribution in [0.2, 0.25) is 0 Å². The second-order valence-corrected chi connectivity index (χ2v) is 5.31. The molecule has 0 bridgehead atoms. The first-order valence-electron chi connectivity index (χ1n) is 6.23. The zero-order valence-electron chi connectivity index (χ0n) is 10.6. The van der Waals surface area contributed by atoms with Crippen molar-refractivity contribution in [3.63, 3.8) is 0 Å². The van der Waals surface area contributed by atoms with Crippen LogP contribution < -0.4 is 11.1 Å². The molecule has 0 saturated heterocycles. The molecular formula is C14H15N3OS. The van der Waals surface area contributed by atoms with Gasteiger partial charge in [-0.15, -0.1) is 11.3 Å². The number of nitrogens with one attached hydrogen (secondary N) is 1. The summed E-state index contributed by atoms with van der Waals surface area (Å²) in [7, 11) is 0. The van der Waals surface area contributed by atoms with E-state index in [2.05, 4.69) is 28.7 Å². The quantitative estimate of drug-likeness (QED) is 0.704. The second kappa shape index (κ2) is 4.93. The van der Waals surface area contributed by atoms with Crippen molar-refractivity contribution in [3.8, 4) is 0 Å². The van der Waals surface area contributed by atoms with Gasteiger partial charge in [0, 0.05) is 4.88 Å². The first-order chi connectivity index (χ1) is 9.28. The lowest BCUT2D eigenvalue weighted by Crippen LogP contribution is -2.08. The van der Waals surface area contributed by atoms with Crippen LogP contribution >= 0.6 is 11.3 Å². The van der Waals surface area contributed by atoms with Gasteiger partial charge >= 0.3 is 0 Å². The lowest BCUT2D eigenvalue weighted by molar-refractivity contribution is 0.595. The van der Waals surface area contributed by atoms with E-state index in [9.17, 15) is 0 Å². The molecule has 1 aromatic carbocycles. The summed E-state index contributed by atoms with van der Waals surface area (Å²) in [6, 6.07) is 10.5. The molecule has 2 heterocycles. The summed E-state index contributed by atoms with van der Waals surface area (Å²) in [6.07, 6.45) is 0.967. The first-order valence-corrected chi connectivity index (χ1v) is 7.11. The van der Waals surface area contributed by atoms with Gasteiger partial charge in [0.1, 0.15) is 5.52 Å². The minimum absolute atomic E-state index is 0.217. The highest BCUT2D eigenvalue weighted by Crippen LogP contribution is 2.29. The average Bonchev–Trinajstić information content (AvgIpc) is 3.05. The maximum absolute atomic E-state index is 5.88. The highest BCUT2D eigenvalue weighted by molar-refractivity contribution is 7.10. The molecular weight excluding hydrogens is 258 g/mol. The van der Waals surface area contributed by atoms with Gasteiger partial charge in [0.2, 0.25) is 0 Å². The molecule has 0 amide bonds. The summed E-state index contributed by atoms with van der Waals surface area (Å²) in [5.74, 6) is 0. The van der Waals surface area contributed by atoms with Crippen molar-refractivity contribution >= 4 is 34.1 Å². The van der Waals surface area contributed by atoms with Crippen molar-refractivity contribution in [3.05, 3.63) is 40.6 Å². The Kier molecular flexibility index (Phi) is 3.13. The monoisotopic (exact) mass is 273 g/mol. The average molecular weight is 273 g/mol. The molecule has 0 fully saturated rings. The van der Waals surface area contributed by atoms with Crippen LogP contribution in [0.25, 0.3) is 11.1 Å². The van der Waals surface area contributed by atoms with Crippen LogP contribution in [0.4, 0.5) is 11.7 Å². The molecule has 3 rings (SSSR count). The minimum Gasteiger partial charge on any atom is -0.423 e. The Labute approximate surface area is 115 Å². The van der Waals surface area contributed by atoms with E-state index in [1.165, 1.54) is 4.88 Å². The number of benzene rings is 1. The van der Waals surface area contributed by atoms with Gasteiger partial charge in [0.05, 0.1) is 11.7 Å². The molecule has 1 atom stereocenters. The first kappa shape index (κ1) is 12.0. The van der Waals surface area contributed by atoms with Crippen LogP contribution in [-0.4, -0.2) is 4.98 Å². The van der Waals surface area contributed by atoms with E-state index in [4.69, 9.17) is 10.2 Å². The van der Waals surface area contributed by atoms with Gasteiger partial charge in [0.25, 0.3) is 6.01 Å². The molecule has 0 aliphatic heterocycles. The third-order valence-electron chi connectivity index (χ3n) is 3.04. The van der Waals surface area contributed by atoms with Gasteiger partial charge in [-0.1, -0.05) is 19.1 Å². The molecule has 0 aliphatic rings. The van der Waals surface area contributed by atoms with Gasteiger partial charge < -0.3 is 15.5 Å². The third kappa shape index (κ3) is 2.29. The largest absolute Gasteiger partial charge is 0.423 e. The summed E-state index contributed by atoms with van der Waals surface area (Å²) in [5.41, 5.74) is 7.94. The summed E-state index contributed by atoms with van der Waals surface area (Å²) < 4.78 is 5.68. The molecule has 0 saturated carbocycles. The van der Waals surface area contributed by atoms with Gasteiger partial charge in [-0.05, 0) is 30.0 Å². The second-order valence-electron chi connectivity index (χ2n) is 4.33.